The molecule has 2 fully saturated rings. The van der Waals surface area contributed by atoms with Crippen molar-refractivity contribution in [3.8, 4) is 0 Å². The van der Waals surface area contributed by atoms with E-state index in [0.717, 1.165) is 31.0 Å². The van der Waals surface area contributed by atoms with E-state index in [0.29, 0.717) is 18.7 Å². The predicted molar refractivity (Wildman–Crippen MR) is 134 cm³/mol. The van der Waals surface area contributed by atoms with Crippen molar-refractivity contribution in [1.82, 2.24) is 19.8 Å². The van der Waals surface area contributed by atoms with Gasteiger partial charge >= 0.3 is 0 Å². The lowest BCUT2D eigenvalue weighted by Gasteiger charge is -2.35. The van der Waals surface area contributed by atoms with Crippen LogP contribution in [-0.2, 0) is 6.54 Å². The first kappa shape index (κ1) is 23.7. The smallest absolute Gasteiger partial charge is 0.257 e. The van der Waals surface area contributed by atoms with E-state index < -0.39 is 0 Å². The SMILES string of the molecule is CCN(CC)C(=O)c1cnc([C@H]2CCCCN2Cc2ccc(N3CCCCC3)cc2)nc1C. The molecule has 0 bridgehead atoms. The molecule has 33 heavy (non-hydrogen) atoms. The van der Waals surface area contributed by atoms with E-state index in [1.807, 2.05) is 25.7 Å². The van der Waals surface area contributed by atoms with Crippen molar-refractivity contribution in [2.75, 3.05) is 37.6 Å². The average Bonchev–Trinajstić information content (AvgIpc) is 2.86. The summed E-state index contributed by atoms with van der Waals surface area (Å²) < 4.78 is 0. The van der Waals surface area contributed by atoms with Crippen molar-refractivity contribution in [1.29, 1.82) is 0 Å². The molecule has 2 saturated heterocycles. The fourth-order valence-electron chi connectivity index (χ4n) is 5.21. The molecule has 1 atom stereocenters. The highest BCUT2D eigenvalue weighted by atomic mass is 16.2. The molecule has 178 valence electrons. The lowest BCUT2D eigenvalue weighted by molar-refractivity contribution is 0.0770. The average molecular weight is 450 g/mol. The lowest BCUT2D eigenvalue weighted by atomic mass is 10.00. The van der Waals surface area contributed by atoms with Gasteiger partial charge in [-0.2, -0.15) is 0 Å². The number of carbonyl (C=O) groups is 1. The Labute approximate surface area is 199 Å². The zero-order valence-corrected chi connectivity index (χ0v) is 20.6. The first-order chi connectivity index (χ1) is 16.1. The zero-order chi connectivity index (χ0) is 23.2. The molecule has 0 aliphatic carbocycles. The second-order valence-corrected chi connectivity index (χ2v) is 9.40. The largest absolute Gasteiger partial charge is 0.372 e. The number of amides is 1. The van der Waals surface area contributed by atoms with Crippen molar-refractivity contribution in [2.24, 2.45) is 0 Å². The van der Waals surface area contributed by atoms with E-state index in [1.54, 1.807) is 6.20 Å². The number of anilines is 1. The molecule has 1 amide bonds. The van der Waals surface area contributed by atoms with Gasteiger partial charge in [0.15, 0.2) is 0 Å². The Morgan fingerprint density at radius 3 is 2.36 bits per heavy atom. The van der Waals surface area contributed by atoms with Gasteiger partial charge in [-0.05, 0) is 77.1 Å². The number of hydrogen-bond acceptors (Lipinski definition) is 5. The van der Waals surface area contributed by atoms with Crippen LogP contribution in [0.3, 0.4) is 0 Å². The Morgan fingerprint density at radius 2 is 1.70 bits per heavy atom. The lowest BCUT2D eigenvalue weighted by Crippen LogP contribution is -2.35. The number of likely N-dealkylation sites (tertiary alicyclic amines) is 1. The van der Waals surface area contributed by atoms with Crippen LogP contribution in [0.2, 0.25) is 0 Å². The topological polar surface area (TPSA) is 52.6 Å². The minimum Gasteiger partial charge on any atom is -0.372 e. The third-order valence-electron chi connectivity index (χ3n) is 7.23. The van der Waals surface area contributed by atoms with Crippen LogP contribution in [-0.4, -0.2) is 58.4 Å². The molecule has 2 aliphatic rings. The van der Waals surface area contributed by atoms with Gasteiger partial charge in [-0.3, -0.25) is 9.69 Å². The quantitative estimate of drug-likeness (QED) is 0.596. The number of nitrogens with zero attached hydrogens (tertiary/aromatic N) is 5. The molecule has 0 spiro atoms. The molecule has 1 aromatic carbocycles. The Bertz CT molecular complexity index is 919. The summed E-state index contributed by atoms with van der Waals surface area (Å²) in [5.41, 5.74) is 4.10. The fraction of sp³-hybridized carbons (Fsp3) is 0.593. The van der Waals surface area contributed by atoms with E-state index >= 15 is 0 Å². The summed E-state index contributed by atoms with van der Waals surface area (Å²) in [5, 5.41) is 0. The monoisotopic (exact) mass is 449 g/mol. The van der Waals surface area contributed by atoms with Gasteiger partial charge in [0.1, 0.15) is 5.82 Å². The van der Waals surface area contributed by atoms with Gasteiger partial charge in [-0.15, -0.1) is 0 Å². The van der Waals surface area contributed by atoms with Crippen molar-refractivity contribution in [3.05, 3.63) is 53.1 Å². The summed E-state index contributed by atoms with van der Waals surface area (Å²) in [6.45, 7) is 11.7. The number of hydrogen-bond donors (Lipinski definition) is 0. The Morgan fingerprint density at radius 1 is 1.00 bits per heavy atom. The maximum Gasteiger partial charge on any atom is 0.257 e. The molecular formula is C27H39N5O. The molecule has 6 heteroatoms. The van der Waals surface area contributed by atoms with Crippen LogP contribution in [0, 0.1) is 6.92 Å². The summed E-state index contributed by atoms with van der Waals surface area (Å²) >= 11 is 0. The second kappa shape index (κ2) is 11.1. The summed E-state index contributed by atoms with van der Waals surface area (Å²) in [6, 6.07) is 9.35. The molecule has 0 radical (unpaired) electrons. The third-order valence-corrected chi connectivity index (χ3v) is 7.23. The van der Waals surface area contributed by atoms with Crippen LogP contribution in [0.5, 0.6) is 0 Å². The number of carbonyl (C=O) groups excluding carboxylic acids is 1. The Balaban J connectivity index is 1.47. The highest BCUT2D eigenvalue weighted by molar-refractivity contribution is 5.94. The maximum atomic E-state index is 12.8. The van der Waals surface area contributed by atoms with Crippen LogP contribution >= 0.6 is 0 Å². The van der Waals surface area contributed by atoms with Crippen molar-refractivity contribution in [3.63, 3.8) is 0 Å². The normalized spacial score (nSPS) is 19.5. The van der Waals surface area contributed by atoms with E-state index in [2.05, 4.69) is 34.1 Å². The Hall–Kier alpha value is -2.47. The van der Waals surface area contributed by atoms with Crippen LogP contribution in [0.15, 0.2) is 30.5 Å². The predicted octanol–water partition coefficient (Wildman–Crippen LogP) is 4.98. The van der Waals surface area contributed by atoms with Crippen molar-refractivity contribution < 1.29 is 4.79 Å². The molecule has 2 aromatic rings. The standard InChI is InChI=1S/C27H39N5O/c1-4-30(5-2)27(33)24-19-28-26(29-21(24)3)25-11-7-10-18-32(25)20-22-12-14-23(15-13-22)31-16-8-6-9-17-31/h12-15,19,25H,4-11,16-18,20H2,1-3H3/t25-/m1/s1. The third kappa shape index (κ3) is 5.55. The zero-order valence-electron chi connectivity index (χ0n) is 20.6. The van der Waals surface area contributed by atoms with Crippen LogP contribution in [0.25, 0.3) is 0 Å². The molecule has 2 aliphatic heterocycles. The summed E-state index contributed by atoms with van der Waals surface area (Å²) in [4.78, 5) is 29.2. The molecular weight excluding hydrogens is 410 g/mol. The fourth-order valence-corrected chi connectivity index (χ4v) is 5.21. The highest BCUT2D eigenvalue weighted by Gasteiger charge is 2.27. The molecule has 0 N–H and O–H groups in total. The van der Waals surface area contributed by atoms with Gasteiger partial charge in [0, 0.05) is 44.6 Å². The summed E-state index contributed by atoms with van der Waals surface area (Å²) in [7, 11) is 0. The molecule has 0 saturated carbocycles. The minimum atomic E-state index is 0.0262. The van der Waals surface area contributed by atoms with Crippen molar-refractivity contribution >= 4 is 11.6 Å². The van der Waals surface area contributed by atoms with Gasteiger partial charge < -0.3 is 9.80 Å². The van der Waals surface area contributed by atoms with E-state index in [-0.39, 0.29) is 11.9 Å². The van der Waals surface area contributed by atoms with Gasteiger partial charge in [0.25, 0.3) is 5.91 Å². The number of aryl methyl sites for hydroxylation is 1. The van der Waals surface area contributed by atoms with E-state index in [9.17, 15) is 4.79 Å². The van der Waals surface area contributed by atoms with E-state index in [4.69, 9.17) is 9.97 Å². The maximum absolute atomic E-state index is 12.8. The number of aromatic nitrogens is 2. The van der Waals surface area contributed by atoms with E-state index in [1.165, 1.54) is 56.4 Å². The first-order valence-corrected chi connectivity index (χ1v) is 12.8. The van der Waals surface area contributed by atoms with Gasteiger partial charge in [0.05, 0.1) is 17.3 Å². The summed E-state index contributed by atoms with van der Waals surface area (Å²) in [5.74, 6) is 0.881. The van der Waals surface area contributed by atoms with Crippen LogP contribution < -0.4 is 4.90 Å². The second-order valence-electron chi connectivity index (χ2n) is 9.40. The van der Waals surface area contributed by atoms with Crippen LogP contribution in [0.1, 0.15) is 85.9 Å². The molecule has 0 unspecified atom stereocenters. The Kier molecular flexibility index (Phi) is 7.97. The summed E-state index contributed by atoms with van der Waals surface area (Å²) in [6.07, 6.45) is 9.17. The number of piperidine rings is 2. The van der Waals surface area contributed by atoms with Gasteiger partial charge in [0.2, 0.25) is 0 Å². The number of benzene rings is 1. The molecule has 6 nitrogen and oxygen atoms in total. The minimum absolute atomic E-state index is 0.0262. The van der Waals surface area contributed by atoms with Crippen molar-refractivity contribution in [2.45, 2.75) is 71.9 Å². The molecule has 1 aromatic heterocycles. The molecule has 3 heterocycles. The van der Waals surface area contributed by atoms with Gasteiger partial charge in [-0.25, -0.2) is 9.97 Å². The first-order valence-electron chi connectivity index (χ1n) is 12.8. The number of rotatable bonds is 7. The van der Waals surface area contributed by atoms with Crippen LogP contribution in [0.4, 0.5) is 5.69 Å². The highest BCUT2D eigenvalue weighted by Crippen LogP contribution is 2.31. The van der Waals surface area contributed by atoms with Gasteiger partial charge in [-0.1, -0.05) is 18.6 Å². The molecule has 4 rings (SSSR count).